The minimum absolute atomic E-state index is 0.512. The number of nitrogens with zero attached hydrogens (tertiary/aromatic N) is 4. The first-order valence-electron chi connectivity index (χ1n) is 16.2. The van der Waals surface area contributed by atoms with Gasteiger partial charge in [0.2, 0.25) is 0 Å². The van der Waals surface area contributed by atoms with Crippen molar-refractivity contribution >= 4 is 57.3 Å². The average Bonchev–Trinajstić information content (AvgIpc) is 3.65. The topological polar surface area (TPSA) is 33.5 Å². The molecule has 1 aliphatic rings. The van der Waals surface area contributed by atoms with E-state index >= 15 is 0 Å². The highest BCUT2D eigenvalue weighted by molar-refractivity contribution is 7.00. The number of hydrogen-bond donors (Lipinski definition) is 0. The number of para-hydroxylation sites is 3. The van der Waals surface area contributed by atoms with Crippen molar-refractivity contribution in [3.63, 3.8) is 0 Å². The lowest BCUT2D eigenvalue weighted by atomic mass is 10.1. The molecule has 5 nitrogen and oxygen atoms in total. The highest BCUT2D eigenvalue weighted by Crippen LogP contribution is 2.40. The van der Waals surface area contributed by atoms with Crippen molar-refractivity contribution in [3.05, 3.63) is 140 Å². The molecule has 0 amide bonds. The number of anilines is 3. The molecule has 214 valence electrons. The van der Waals surface area contributed by atoms with Gasteiger partial charge in [-0.1, -0.05) is 108 Å². The molecule has 0 aliphatic carbocycles. The van der Waals surface area contributed by atoms with Crippen LogP contribution in [0.3, 0.4) is 0 Å². The molecule has 8 rings (SSSR count). The highest BCUT2D eigenvalue weighted by atomic mass is 28.3. The molecule has 3 heterocycles. The summed E-state index contributed by atoms with van der Waals surface area (Å²) in [4.78, 5) is 10.8. The smallest absolute Gasteiger partial charge is 0.138 e. The van der Waals surface area contributed by atoms with Gasteiger partial charge in [0.25, 0.3) is 0 Å². The van der Waals surface area contributed by atoms with Gasteiger partial charge in [0.1, 0.15) is 13.9 Å². The molecule has 0 atom stereocenters. The van der Waals surface area contributed by atoms with Gasteiger partial charge in [-0.2, -0.15) is 5.06 Å². The van der Waals surface area contributed by atoms with E-state index in [2.05, 4.69) is 109 Å². The zero-order chi connectivity index (χ0) is 32.3. The van der Waals surface area contributed by atoms with Crippen molar-refractivity contribution in [3.8, 4) is 16.9 Å². The largest absolute Gasteiger partial charge is 0.294 e. The van der Waals surface area contributed by atoms with E-state index in [1.165, 1.54) is 21.1 Å². The Bertz CT molecular complexity index is 2280. The van der Waals surface area contributed by atoms with Crippen LogP contribution in [-0.2, 0) is 4.94 Å². The van der Waals surface area contributed by atoms with Crippen molar-refractivity contribution < 1.29 is 9.05 Å². The molecule has 0 unspecified atom stereocenters. The van der Waals surface area contributed by atoms with E-state index in [0.29, 0.717) is 11.4 Å². The third-order valence-electron chi connectivity index (χ3n) is 8.76. The van der Waals surface area contributed by atoms with E-state index < -0.39 is 15.0 Å². The van der Waals surface area contributed by atoms with E-state index in [0.717, 1.165) is 38.7 Å². The van der Waals surface area contributed by atoms with E-state index in [9.17, 15) is 0 Å². The molecular formula is C38H32N4OSi. The number of fused-ring (bicyclic) bond motifs is 4. The molecule has 0 fully saturated rings. The molecule has 6 heteroatoms. The fraction of sp³-hybridized carbons (Fsp3) is 0.0789. The summed E-state index contributed by atoms with van der Waals surface area (Å²) in [5, 5.41) is 7.47. The Labute approximate surface area is 262 Å². The molecule has 2 aromatic heterocycles. The maximum absolute atomic E-state index is 8.02. The van der Waals surface area contributed by atoms with Crippen LogP contribution >= 0.6 is 0 Å². The molecule has 0 bridgehead atoms. The van der Waals surface area contributed by atoms with Crippen molar-refractivity contribution in [2.75, 3.05) is 17.1 Å². The second-order valence-corrected chi connectivity index (χ2v) is 16.1. The molecule has 0 spiro atoms. The third-order valence-corrected chi connectivity index (χ3v) is 12.3. The molecular weight excluding hydrogens is 557 g/mol. The molecule has 0 radical (unpaired) electrons. The van der Waals surface area contributed by atoms with Gasteiger partial charge in [-0.3, -0.25) is 4.57 Å². The van der Waals surface area contributed by atoms with Gasteiger partial charge < -0.3 is 0 Å². The average molecular weight is 592 g/mol. The van der Waals surface area contributed by atoms with Crippen molar-refractivity contribution in [1.29, 1.82) is 0 Å². The standard InChI is InChI=1S/C38H32N4OSi/c1-40-35-18-9-10-19-36(35)42(43-40)29-14-11-15-30(25-29)44(2,3)31-20-21-33-32-16-7-8-17-34(32)41(37(33)26-31)38-24-28(22-23-39-38)27-12-5-4-6-13-27/h4-26H,1-3H3/i1D3. The van der Waals surface area contributed by atoms with Gasteiger partial charge >= 0.3 is 0 Å². The Balaban J connectivity index is 1.23. The Morgan fingerprint density at radius 3 is 2.25 bits per heavy atom. The Morgan fingerprint density at radius 2 is 1.39 bits per heavy atom. The first kappa shape index (κ1) is 23.3. The van der Waals surface area contributed by atoms with Gasteiger partial charge in [0, 0.05) is 28.1 Å². The van der Waals surface area contributed by atoms with E-state index in [1.54, 1.807) is 11.1 Å². The van der Waals surface area contributed by atoms with Crippen LogP contribution in [0, 0.1) is 0 Å². The lowest BCUT2D eigenvalue weighted by Crippen LogP contribution is -2.52. The van der Waals surface area contributed by atoms with Crippen molar-refractivity contribution in [1.82, 2.24) is 9.55 Å². The number of rotatable bonds is 5. The van der Waals surface area contributed by atoms with Gasteiger partial charge in [-0.15, -0.1) is 4.94 Å². The summed E-state index contributed by atoms with van der Waals surface area (Å²) in [6, 6.07) is 45.6. The Morgan fingerprint density at radius 1 is 0.636 bits per heavy atom. The lowest BCUT2D eigenvalue weighted by molar-refractivity contribution is 0.142. The maximum Gasteiger partial charge on any atom is 0.138 e. The monoisotopic (exact) mass is 591 g/mol. The summed E-state index contributed by atoms with van der Waals surface area (Å²) in [6.45, 7) is 2.25. The van der Waals surface area contributed by atoms with Crippen LogP contribution in [-0.4, -0.2) is 24.6 Å². The zero-order valence-corrected chi connectivity index (χ0v) is 25.5. The summed E-state index contributed by atoms with van der Waals surface area (Å²) in [7, 11) is -2.28. The minimum atomic E-state index is -2.44. The van der Waals surface area contributed by atoms with Gasteiger partial charge in [0.05, 0.1) is 28.1 Å². The number of hydroxylamine groups is 1. The van der Waals surface area contributed by atoms with Crippen molar-refractivity contribution in [2.45, 2.75) is 13.1 Å². The van der Waals surface area contributed by atoms with Crippen LogP contribution in [0.25, 0.3) is 38.8 Å². The highest BCUT2D eigenvalue weighted by Gasteiger charge is 2.30. The summed E-state index contributed by atoms with van der Waals surface area (Å²) in [6.07, 6.45) is 1.89. The molecule has 1 aliphatic heterocycles. The van der Waals surface area contributed by atoms with Gasteiger partial charge in [-0.25, -0.2) is 10.0 Å². The molecule has 0 saturated heterocycles. The van der Waals surface area contributed by atoms with E-state index in [-0.39, 0.29) is 0 Å². The Kier molecular flexibility index (Phi) is 5.42. The van der Waals surface area contributed by atoms with Crippen LogP contribution in [0.4, 0.5) is 17.1 Å². The van der Waals surface area contributed by atoms with Crippen molar-refractivity contribution in [2.24, 2.45) is 0 Å². The number of benzene rings is 5. The summed E-state index contributed by atoms with van der Waals surface area (Å²) in [5.74, 6) is 0.875. The lowest BCUT2D eigenvalue weighted by Gasteiger charge is -2.26. The van der Waals surface area contributed by atoms with Crippen LogP contribution in [0.15, 0.2) is 140 Å². The van der Waals surface area contributed by atoms with Crippen LogP contribution in [0.2, 0.25) is 13.1 Å². The first-order chi connectivity index (χ1) is 22.7. The number of aromatic nitrogens is 2. The van der Waals surface area contributed by atoms with E-state index in [1.807, 2.05) is 42.6 Å². The van der Waals surface area contributed by atoms with Gasteiger partial charge in [0.15, 0.2) is 0 Å². The number of hydrogen-bond acceptors (Lipinski definition) is 4. The fourth-order valence-corrected chi connectivity index (χ4v) is 8.66. The minimum Gasteiger partial charge on any atom is -0.294 e. The predicted molar refractivity (Wildman–Crippen MR) is 185 cm³/mol. The first-order valence-corrected chi connectivity index (χ1v) is 17.7. The molecule has 44 heavy (non-hydrogen) atoms. The second-order valence-electron chi connectivity index (χ2n) is 11.7. The molecule has 7 aromatic rings. The molecule has 5 aromatic carbocycles. The van der Waals surface area contributed by atoms with E-state index in [4.69, 9.17) is 14.0 Å². The van der Waals surface area contributed by atoms with Crippen LogP contribution < -0.4 is 20.5 Å². The third kappa shape index (κ3) is 4.22. The Hall–Kier alpha value is -5.17. The predicted octanol–water partition coefficient (Wildman–Crippen LogP) is 8.10. The van der Waals surface area contributed by atoms with Gasteiger partial charge in [-0.05, 0) is 59.7 Å². The maximum atomic E-state index is 8.02. The number of pyridine rings is 1. The normalized spacial score (nSPS) is 14.5. The quantitative estimate of drug-likeness (QED) is 0.189. The molecule has 0 N–H and O–H groups in total. The second kappa shape index (κ2) is 10.2. The van der Waals surface area contributed by atoms with Crippen LogP contribution in [0.5, 0.6) is 0 Å². The van der Waals surface area contributed by atoms with Crippen LogP contribution in [0.1, 0.15) is 4.11 Å². The SMILES string of the molecule is [2H]C([2H])([2H])N1ON(c2cccc([Si](C)(C)c3ccc4c5ccccc5n(-c5cc(-c6ccccc6)ccn5)c4c3)c2)c2ccccc21. The summed E-state index contributed by atoms with van der Waals surface area (Å²) in [5.41, 5.74) is 6.48. The zero-order valence-electron chi connectivity index (χ0n) is 27.5. The summed E-state index contributed by atoms with van der Waals surface area (Å²) >= 11 is 0. The fourth-order valence-electron chi connectivity index (χ4n) is 6.31. The molecule has 0 saturated carbocycles. The summed E-state index contributed by atoms with van der Waals surface area (Å²) < 4.78 is 26.3.